The smallest absolute Gasteiger partial charge is 0.220 e. The largest absolute Gasteiger partial charge is 0.492 e. The lowest BCUT2D eigenvalue weighted by Gasteiger charge is -2.14. The molecule has 6 heteroatoms. The van der Waals surface area contributed by atoms with Crippen LogP contribution in [-0.2, 0) is 4.79 Å². The van der Waals surface area contributed by atoms with Crippen molar-refractivity contribution in [2.45, 2.75) is 31.7 Å². The number of hydrogen-bond donors (Lipinski definition) is 2. The second-order valence-corrected chi connectivity index (χ2v) is 6.13. The van der Waals surface area contributed by atoms with E-state index in [1.54, 1.807) is 0 Å². The van der Waals surface area contributed by atoms with Gasteiger partial charge in [0.05, 0.1) is 6.54 Å². The molecule has 1 aliphatic rings. The summed E-state index contributed by atoms with van der Waals surface area (Å²) < 4.78 is 6.54. The van der Waals surface area contributed by atoms with E-state index < -0.39 is 0 Å². The fourth-order valence-electron chi connectivity index (χ4n) is 2.55. The van der Waals surface area contributed by atoms with E-state index in [0.29, 0.717) is 25.5 Å². The first-order valence-corrected chi connectivity index (χ1v) is 7.85. The zero-order chi connectivity index (χ0) is 14.4. The monoisotopic (exact) mass is 376 g/mol. The van der Waals surface area contributed by atoms with Crippen molar-refractivity contribution < 1.29 is 9.53 Å². The second kappa shape index (κ2) is 9.28. The molecule has 0 aliphatic heterocycles. The van der Waals surface area contributed by atoms with Crippen molar-refractivity contribution >= 4 is 34.2 Å². The number of nitrogens with two attached hydrogens (primary N) is 1. The van der Waals surface area contributed by atoms with Gasteiger partial charge in [0.15, 0.2) is 0 Å². The first-order valence-electron chi connectivity index (χ1n) is 7.06. The average Bonchev–Trinajstić information content (AvgIpc) is 2.80. The second-order valence-electron chi connectivity index (χ2n) is 5.21. The number of nitrogens with one attached hydrogen (secondary N) is 1. The van der Waals surface area contributed by atoms with Crippen molar-refractivity contribution in [2.75, 3.05) is 13.2 Å². The van der Waals surface area contributed by atoms with E-state index in [2.05, 4.69) is 21.2 Å². The van der Waals surface area contributed by atoms with Gasteiger partial charge < -0.3 is 15.8 Å². The Morgan fingerprint density at radius 1 is 1.43 bits per heavy atom. The molecular formula is C15H22BrClN2O2. The maximum absolute atomic E-state index is 11.8. The van der Waals surface area contributed by atoms with Crippen LogP contribution >= 0.6 is 28.3 Å². The van der Waals surface area contributed by atoms with Crippen LogP contribution in [-0.4, -0.2) is 25.1 Å². The predicted molar refractivity (Wildman–Crippen MR) is 89.8 cm³/mol. The maximum Gasteiger partial charge on any atom is 0.220 e. The lowest BCUT2D eigenvalue weighted by molar-refractivity contribution is -0.122. The molecule has 1 aromatic rings. The molecule has 0 bridgehead atoms. The predicted octanol–water partition coefficient (Wildman–Crippen LogP) is 2.88. The van der Waals surface area contributed by atoms with Crippen molar-refractivity contribution in [1.29, 1.82) is 0 Å². The molecule has 1 fully saturated rings. The molecule has 2 rings (SSSR count). The first-order chi connectivity index (χ1) is 9.65. The zero-order valence-electron chi connectivity index (χ0n) is 11.9. The number of carbonyl (C=O) groups excluding carboxylic acids is 1. The van der Waals surface area contributed by atoms with Crippen LogP contribution in [0.4, 0.5) is 0 Å². The summed E-state index contributed by atoms with van der Waals surface area (Å²) in [6, 6.07) is 7.85. The Kier molecular flexibility index (Phi) is 8.07. The number of amides is 1. The van der Waals surface area contributed by atoms with Crippen LogP contribution in [0.2, 0.25) is 0 Å². The van der Waals surface area contributed by atoms with Crippen LogP contribution in [0.1, 0.15) is 25.7 Å². The molecular weight excluding hydrogens is 356 g/mol. The molecule has 1 aromatic carbocycles. The van der Waals surface area contributed by atoms with Crippen LogP contribution in [0.15, 0.2) is 28.7 Å². The number of halogens is 2. The highest BCUT2D eigenvalue weighted by Crippen LogP contribution is 2.26. The van der Waals surface area contributed by atoms with Crippen LogP contribution in [0.3, 0.4) is 0 Å². The quantitative estimate of drug-likeness (QED) is 0.749. The number of rotatable bonds is 6. The number of ether oxygens (including phenoxy) is 1. The van der Waals surface area contributed by atoms with Gasteiger partial charge in [-0.15, -0.1) is 12.4 Å². The molecule has 0 saturated heterocycles. The molecule has 1 aliphatic carbocycles. The van der Waals surface area contributed by atoms with Crippen molar-refractivity contribution in [1.82, 2.24) is 5.32 Å². The molecule has 3 N–H and O–H groups in total. The zero-order valence-corrected chi connectivity index (χ0v) is 14.3. The third-order valence-corrected chi connectivity index (χ3v) is 4.15. The summed E-state index contributed by atoms with van der Waals surface area (Å²) in [5, 5.41) is 2.88. The summed E-state index contributed by atoms with van der Waals surface area (Å²) >= 11 is 3.39. The molecule has 4 nitrogen and oxygen atoms in total. The van der Waals surface area contributed by atoms with Gasteiger partial charge in [0.1, 0.15) is 12.4 Å². The van der Waals surface area contributed by atoms with Gasteiger partial charge in [-0.3, -0.25) is 4.79 Å². The summed E-state index contributed by atoms with van der Waals surface area (Å²) in [4.78, 5) is 11.8. The van der Waals surface area contributed by atoms with Crippen molar-refractivity contribution in [3.8, 4) is 5.75 Å². The molecule has 0 aromatic heterocycles. The van der Waals surface area contributed by atoms with Crippen molar-refractivity contribution in [2.24, 2.45) is 11.7 Å². The molecule has 1 saturated carbocycles. The third-order valence-electron chi connectivity index (χ3n) is 3.65. The topological polar surface area (TPSA) is 64.4 Å². The Hall–Kier alpha value is -0.780. The highest BCUT2D eigenvalue weighted by Gasteiger charge is 2.25. The summed E-state index contributed by atoms with van der Waals surface area (Å²) in [6.07, 6.45) is 3.80. The van der Waals surface area contributed by atoms with Gasteiger partial charge in [0.25, 0.3) is 0 Å². The van der Waals surface area contributed by atoms with Gasteiger partial charge in [-0.05, 0) is 37.0 Å². The Bertz CT molecular complexity index is 459. The van der Waals surface area contributed by atoms with Gasteiger partial charge in [-0.1, -0.05) is 28.4 Å². The van der Waals surface area contributed by atoms with Gasteiger partial charge >= 0.3 is 0 Å². The minimum atomic E-state index is 0. The van der Waals surface area contributed by atoms with E-state index in [0.717, 1.165) is 29.5 Å². The lowest BCUT2D eigenvalue weighted by atomic mass is 10.00. The Morgan fingerprint density at radius 3 is 2.90 bits per heavy atom. The Labute approximate surface area is 140 Å². The van der Waals surface area contributed by atoms with Gasteiger partial charge in [-0.25, -0.2) is 0 Å². The summed E-state index contributed by atoms with van der Waals surface area (Å²) in [5.41, 5.74) is 5.96. The van der Waals surface area contributed by atoms with Gasteiger partial charge in [0, 0.05) is 16.9 Å². The van der Waals surface area contributed by atoms with Crippen LogP contribution in [0.25, 0.3) is 0 Å². The van der Waals surface area contributed by atoms with Crippen LogP contribution in [0, 0.1) is 5.92 Å². The van der Waals surface area contributed by atoms with E-state index in [-0.39, 0.29) is 24.4 Å². The molecule has 0 unspecified atom stereocenters. The maximum atomic E-state index is 11.8. The molecule has 0 heterocycles. The molecule has 0 spiro atoms. The van der Waals surface area contributed by atoms with Crippen LogP contribution < -0.4 is 15.8 Å². The molecule has 118 valence electrons. The van der Waals surface area contributed by atoms with Gasteiger partial charge in [0.2, 0.25) is 5.91 Å². The lowest BCUT2D eigenvalue weighted by Crippen LogP contribution is -2.33. The average molecular weight is 378 g/mol. The Balaban J connectivity index is 0.00000220. The standard InChI is InChI=1S/C15H21BrN2O2.ClH/c16-12-4-2-5-13(10-12)20-8-7-18-15(19)9-11-3-1-6-14(11)17;/h2,4-5,10-11,14H,1,3,6-9,17H2,(H,18,19);1H/t11-,14+;/m0./s1. The molecule has 1 amide bonds. The van der Waals surface area contributed by atoms with E-state index >= 15 is 0 Å². The highest BCUT2D eigenvalue weighted by molar-refractivity contribution is 9.10. The minimum Gasteiger partial charge on any atom is -0.492 e. The first kappa shape index (κ1) is 18.3. The molecule has 2 atom stereocenters. The van der Waals surface area contributed by atoms with E-state index in [1.165, 1.54) is 0 Å². The Morgan fingerprint density at radius 2 is 2.24 bits per heavy atom. The number of benzene rings is 1. The minimum absolute atomic E-state index is 0. The van der Waals surface area contributed by atoms with Crippen LogP contribution in [0.5, 0.6) is 5.75 Å². The van der Waals surface area contributed by atoms with E-state index in [1.807, 2.05) is 24.3 Å². The SMILES string of the molecule is Cl.N[C@@H]1CCC[C@H]1CC(=O)NCCOc1cccc(Br)c1. The summed E-state index contributed by atoms with van der Waals surface area (Å²) in [5.74, 6) is 1.22. The molecule has 0 radical (unpaired) electrons. The normalized spacial score (nSPS) is 20.7. The van der Waals surface area contributed by atoms with E-state index in [9.17, 15) is 4.79 Å². The molecule has 21 heavy (non-hydrogen) atoms. The van der Waals surface area contributed by atoms with E-state index in [4.69, 9.17) is 10.5 Å². The number of hydrogen-bond acceptors (Lipinski definition) is 3. The van der Waals surface area contributed by atoms with Crippen molar-refractivity contribution in [3.63, 3.8) is 0 Å². The van der Waals surface area contributed by atoms with Crippen molar-refractivity contribution in [3.05, 3.63) is 28.7 Å². The fourth-order valence-corrected chi connectivity index (χ4v) is 2.92. The summed E-state index contributed by atoms with van der Waals surface area (Å²) in [7, 11) is 0. The summed E-state index contributed by atoms with van der Waals surface area (Å²) in [6.45, 7) is 0.992. The third kappa shape index (κ3) is 6.24. The highest BCUT2D eigenvalue weighted by atomic mass is 79.9. The number of carbonyl (C=O) groups is 1. The van der Waals surface area contributed by atoms with Gasteiger partial charge in [-0.2, -0.15) is 0 Å². The fraction of sp³-hybridized carbons (Fsp3) is 0.533.